The van der Waals surface area contributed by atoms with Gasteiger partial charge in [-0.3, -0.25) is 14.4 Å². The van der Waals surface area contributed by atoms with Gasteiger partial charge in [-0.2, -0.15) is 0 Å². The quantitative estimate of drug-likeness (QED) is 0.409. The molecule has 0 bridgehead atoms. The van der Waals surface area contributed by atoms with Gasteiger partial charge in [0.1, 0.15) is 23.4 Å². The normalized spacial score (nSPS) is 18.5. The van der Waals surface area contributed by atoms with Crippen LogP contribution < -0.4 is 15.8 Å². The molecule has 0 aromatic heterocycles. The molecule has 2 fully saturated rings. The van der Waals surface area contributed by atoms with Gasteiger partial charge < -0.3 is 20.7 Å². The third-order valence-corrected chi connectivity index (χ3v) is 6.67. The van der Waals surface area contributed by atoms with Gasteiger partial charge in [0, 0.05) is 6.54 Å². The summed E-state index contributed by atoms with van der Waals surface area (Å²) < 4.78 is 69.2. The lowest BCUT2D eigenvalue weighted by atomic mass is 9.93. The smallest absolute Gasteiger partial charge is 0.406 e. The van der Waals surface area contributed by atoms with Crippen molar-refractivity contribution in [2.24, 2.45) is 5.73 Å². The molecule has 2 aromatic carbocycles. The number of halogens is 5. The minimum absolute atomic E-state index is 0.278. The van der Waals surface area contributed by atoms with Crippen molar-refractivity contribution in [2.75, 3.05) is 6.54 Å². The monoisotopic (exact) mass is 549 g/mol. The predicted octanol–water partition coefficient (Wildman–Crippen LogP) is 3.30. The molecule has 2 aromatic rings. The lowest BCUT2D eigenvalue weighted by Crippen LogP contribution is -2.51. The number of rotatable bonds is 7. The number of nitrogens with two attached hydrogens (primary N) is 1. The third kappa shape index (κ3) is 6.47. The van der Waals surface area contributed by atoms with Crippen LogP contribution in [0.25, 0.3) is 0 Å². The minimum Gasteiger partial charge on any atom is -0.406 e. The van der Waals surface area contributed by atoms with Crippen LogP contribution in [0.1, 0.15) is 43.2 Å². The van der Waals surface area contributed by atoms with Crippen molar-refractivity contribution in [1.29, 1.82) is 0 Å². The van der Waals surface area contributed by atoms with E-state index in [9.17, 15) is 36.3 Å². The van der Waals surface area contributed by atoms with Crippen LogP contribution in [0, 0.1) is 23.5 Å². The average molecular weight is 549 g/mol. The highest BCUT2D eigenvalue weighted by molar-refractivity contribution is 5.96. The highest BCUT2D eigenvalue weighted by atomic mass is 19.4. The zero-order valence-electron chi connectivity index (χ0n) is 20.5. The van der Waals surface area contributed by atoms with Gasteiger partial charge in [-0.1, -0.05) is 30.0 Å². The highest BCUT2D eigenvalue weighted by Gasteiger charge is 2.55. The summed E-state index contributed by atoms with van der Waals surface area (Å²) in [5, 5.41) is 2.55. The molecular formula is C27H24F5N3O4. The summed E-state index contributed by atoms with van der Waals surface area (Å²) in [6.45, 7) is 0.278. The molecule has 1 aliphatic carbocycles. The summed E-state index contributed by atoms with van der Waals surface area (Å²) in [5.74, 6) is 0.798. The lowest BCUT2D eigenvalue weighted by Gasteiger charge is -2.29. The molecule has 0 unspecified atom stereocenters. The molecule has 0 spiro atoms. The first-order valence-electron chi connectivity index (χ1n) is 12.1. The maximum absolute atomic E-state index is 13.9. The van der Waals surface area contributed by atoms with Gasteiger partial charge >= 0.3 is 6.36 Å². The molecule has 12 heteroatoms. The van der Waals surface area contributed by atoms with E-state index < -0.39 is 65.0 Å². The van der Waals surface area contributed by atoms with E-state index in [-0.39, 0.29) is 12.5 Å². The molecule has 3 N–H and O–H groups in total. The molecule has 3 amide bonds. The zero-order valence-corrected chi connectivity index (χ0v) is 20.5. The third-order valence-electron chi connectivity index (χ3n) is 6.67. The Hall–Kier alpha value is -4.14. The Morgan fingerprint density at radius 3 is 2.31 bits per heavy atom. The van der Waals surface area contributed by atoms with E-state index in [1.165, 1.54) is 23.1 Å². The Morgan fingerprint density at radius 1 is 1.10 bits per heavy atom. The van der Waals surface area contributed by atoms with Gasteiger partial charge in [-0.15, -0.1) is 13.2 Å². The number of nitrogens with zero attached hydrogens (tertiary/aromatic N) is 1. The second-order valence-electron chi connectivity index (χ2n) is 9.41. The Kier molecular flexibility index (Phi) is 7.81. The van der Waals surface area contributed by atoms with E-state index in [1.807, 2.05) is 0 Å². The fraction of sp³-hybridized carbons (Fsp3) is 0.370. The largest absolute Gasteiger partial charge is 0.573 e. The summed E-state index contributed by atoms with van der Waals surface area (Å²) >= 11 is 0. The molecule has 0 radical (unpaired) electrons. The van der Waals surface area contributed by atoms with Crippen molar-refractivity contribution >= 4 is 17.7 Å². The SMILES string of the molecule is NC(=O)C[C@@H](C#Cc1c(F)cccc1F)NC(=O)[C@@H]1CCCN1C(=O)C1(c2ccc(OC(F)(F)F)cc2)CC1. The summed E-state index contributed by atoms with van der Waals surface area (Å²) in [6.07, 6.45) is -3.51. The van der Waals surface area contributed by atoms with Crippen LogP contribution in [-0.2, 0) is 19.8 Å². The molecule has 1 saturated heterocycles. The molecule has 1 aliphatic heterocycles. The molecule has 206 valence electrons. The zero-order chi connectivity index (χ0) is 28.4. The van der Waals surface area contributed by atoms with Crippen LogP contribution in [0.3, 0.4) is 0 Å². The summed E-state index contributed by atoms with van der Waals surface area (Å²) in [6, 6.07) is 6.21. The number of ether oxygens (including phenoxy) is 1. The van der Waals surface area contributed by atoms with Crippen molar-refractivity contribution in [1.82, 2.24) is 10.2 Å². The van der Waals surface area contributed by atoms with Gasteiger partial charge in [-0.05, 0) is 55.5 Å². The standard InChI is InChI=1S/C27H24F5N3O4/c28-20-3-1-4-21(29)19(20)11-8-17(15-23(33)36)34-24(37)22-5-2-14-35(22)25(38)26(12-13-26)16-6-9-18(10-7-16)39-27(30,31)32/h1,3-4,6-7,9-10,17,22H,2,5,12-15H2,(H2,33,36)(H,34,37)/t17-,22+/m1/s1. The van der Waals surface area contributed by atoms with E-state index in [0.717, 1.165) is 24.3 Å². The van der Waals surface area contributed by atoms with Gasteiger partial charge in [-0.25, -0.2) is 8.78 Å². The molecule has 4 rings (SSSR count). The first-order valence-corrected chi connectivity index (χ1v) is 12.1. The van der Waals surface area contributed by atoms with Crippen LogP contribution in [0.2, 0.25) is 0 Å². The first-order chi connectivity index (χ1) is 18.4. The number of benzene rings is 2. The van der Waals surface area contributed by atoms with Crippen molar-refractivity contribution < 1.29 is 41.1 Å². The minimum atomic E-state index is -4.84. The Morgan fingerprint density at radius 2 is 1.74 bits per heavy atom. The van der Waals surface area contributed by atoms with Gasteiger partial charge in [0.25, 0.3) is 0 Å². The van der Waals surface area contributed by atoms with E-state index in [0.29, 0.717) is 31.2 Å². The molecule has 1 heterocycles. The number of primary amides is 1. The number of hydrogen-bond donors (Lipinski definition) is 2. The van der Waals surface area contributed by atoms with Crippen molar-refractivity contribution in [3.05, 3.63) is 65.2 Å². The maximum atomic E-state index is 13.9. The van der Waals surface area contributed by atoms with Gasteiger partial charge in [0.15, 0.2) is 0 Å². The number of likely N-dealkylation sites (tertiary alicyclic amines) is 1. The van der Waals surface area contributed by atoms with E-state index in [1.54, 1.807) is 0 Å². The van der Waals surface area contributed by atoms with Crippen molar-refractivity contribution in [2.45, 2.75) is 56.0 Å². The van der Waals surface area contributed by atoms with Crippen LogP contribution in [0.5, 0.6) is 5.75 Å². The summed E-state index contributed by atoms with van der Waals surface area (Å²) in [7, 11) is 0. The highest BCUT2D eigenvalue weighted by Crippen LogP contribution is 2.50. The summed E-state index contributed by atoms with van der Waals surface area (Å²) in [4.78, 5) is 39.7. The van der Waals surface area contributed by atoms with Crippen molar-refractivity contribution in [3.63, 3.8) is 0 Å². The average Bonchev–Trinajstić information content (AvgIpc) is 3.51. The van der Waals surface area contributed by atoms with Gasteiger partial charge in [0.05, 0.1) is 23.4 Å². The van der Waals surface area contributed by atoms with Crippen molar-refractivity contribution in [3.8, 4) is 17.6 Å². The number of hydrogen-bond acceptors (Lipinski definition) is 4. The molecular weight excluding hydrogens is 525 g/mol. The molecule has 2 aliphatic rings. The van der Waals surface area contributed by atoms with Crippen LogP contribution in [0.4, 0.5) is 22.0 Å². The van der Waals surface area contributed by atoms with Crippen LogP contribution >= 0.6 is 0 Å². The first kappa shape index (κ1) is 27.9. The van der Waals surface area contributed by atoms with E-state index >= 15 is 0 Å². The molecule has 7 nitrogen and oxygen atoms in total. The number of alkyl halides is 3. The van der Waals surface area contributed by atoms with E-state index in [2.05, 4.69) is 21.9 Å². The predicted molar refractivity (Wildman–Crippen MR) is 128 cm³/mol. The Labute approximate surface area is 220 Å². The molecule has 39 heavy (non-hydrogen) atoms. The van der Waals surface area contributed by atoms with Gasteiger partial charge in [0.2, 0.25) is 17.7 Å². The number of amides is 3. The Balaban J connectivity index is 1.49. The lowest BCUT2D eigenvalue weighted by molar-refractivity contribution is -0.274. The second kappa shape index (κ2) is 10.9. The van der Waals surface area contributed by atoms with Crippen LogP contribution in [0.15, 0.2) is 42.5 Å². The topological polar surface area (TPSA) is 102 Å². The maximum Gasteiger partial charge on any atom is 0.573 e. The second-order valence-corrected chi connectivity index (χ2v) is 9.41. The fourth-order valence-electron chi connectivity index (χ4n) is 4.67. The molecule has 1 saturated carbocycles. The summed E-state index contributed by atoms with van der Waals surface area (Å²) in [5.41, 5.74) is 4.28. The Bertz CT molecular complexity index is 1310. The number of carbonyl (C=O) groups is 3. The van der Waals surface area contributed by atoms with E-state index in [4.69, 9.17) is 5.73 Å². The molecule has 2 atom stereocenters. The fourth-order valence-corrected chi connectivity index (χ4v) is 4.67. The number of nitrogens with one attached hydrogen (secondary N) is 1. The number of carbonyl (C=O) groups excluding carboxylic acids is 3. The van der Waals surface area contributed by atoms with Crippen LogP contribution in [-0.4, -0.2) is 47.6 Å².